The van der Waals surface area contributed by atoms with Gasteiger partial charge in [-0.2, -0.15) is 0 Å². The molecule has 0 amide bonds. The van der Waals surface area contributed by atoms with E-state index in [1.165, 1.54) is 5.56 Å². The Labute approximate surface area is 105 Å². The summed E-state index contributed by atoms with van der Waals surface area (Å²) in [7, 11) is 0. The summed E-state index contributed by atoms with van der Waals surface area (Å²) in [5.74, 6) is 0.682. The lowest BCUT2D eigenvalue weighted by atomic mass is 10.2. The SMILES string of the molecule is CCCN(CCCl)Cc1cncc(Br)c1. The number of nitrogens with zero attached hydrogens (tertiary/aromatic N) is 2. The summed E-state index contributed by atoms with van der Waals surface area (Å²) in [5.41, 5.74) is 1.22. The van der Waals surface area contributed by atoms with E-state index >= 15 is 0 Å². The lowest BCUT2D eigenvalue weighted by Crippen LogP contribution is -2.26. The minimum atomic E-state index is 0.682. The second-order valence-electron chi connectivity index (χ2n) is 3.48. The quantitative estimate of drug-likeness (QED) is 0.748. The number of alkyl halides is 1. The zero-order valence-electron chi connectivity index (χ0n) is 8.92. The van der Waals surface area contributed by atoms with Gasteiger partial charge >= 0.3 is 0 Å². The molecule has 15 heavy (non-hydrogen) atoms. The Morgan fingerprint density at radius 2 is 2.20 bits per heavy atom. The molecular formula is C11H16BrClN2. The Hall–Kier alpha value is -0.120. The number of aromatic nitrogens is 1. The summed E-state index contributed by atoms with van der Waals surface area (Å²) < 4.78 is 1.03. The van der Waals surface area contributed by atoms with Gasteiger partial charge in [-0.15, -0.1) is 11.6 Å². The maximum Gasteiger partial charge on any atom is 0.0410 e. The lowest BCUT2D eigenvalue weighted by molar-refractivity contribution is 0.282. The fourth-order valence-corrected chi connectivity index (χ4v) is 2.16. The van der Waals surface area contributed by atoms with Crippen LogP contribution < -0.4 is 0 Å². The Morgan fingerprint density at radius 1 is 1.40 bits per heavy atom. The molecular weight excluding hydrogens is 275 g/mol. The van der Waals surface area contributed by atoms with Gasteiger partial charge in [-0.1, -0.05) is 6.92 Å². The molecule has 1 heterocycles. The van der Waals surface area contributed by atoms with Gasteiger partial charge in [-0.05, 0) is 40.5 Å². The van der Waals surface area contributed by atoms with E-state index in [1.807, 2.05) is 6.20 Å². The maximum atomic E-state index is 5.76. The van der Waals surface area contributed by atoms with Gasteiger partial charge < -0.3 is 0 Å². The van der Waals surface area contributed by atoms with Gasteiger partial charge in [0.25, 0.3) is 0 Å². The molecule has 84 valence electrons. The van der Waals surface area contributed by atoms with Crippen LogP contribution in [0.25, 0.3) is 0 Å². The molecule has 1 rings (SSSR count). The van der Waals surface area contributed by atoms with Crippen molar-refractivity contribution in [3.05, 3.63) is 28.5 Å². The highest BCUT2D eigenvalue weighted by Crippen LogP contribution is 2.11. The number of pyridine rings is 1. The average molecular weight is 292 g/mol. The van der Waals surface area contributed by atoms with E-state index in [2.05, 4.69) is 38.8 Å². The Kier molecular flexibility index (Phi) is 6.22. The predicted octanol–water partition coefficient (Wildman–Crippen LogP) is 3.29. The summed E-state index contributed by atoms with van der Waals surface area (Å²) in [6.45, 7) is 5.12. The van der Waals surface area contributed by atoms with Gasteiger partial charge in [0.2, 0.25) is 0 Å². The molecule has 0 aliphatic rings. The molecule has 0 unspecified atom stereocenters. The zero-order valence-corrected chi connectivity index (χ0v) is 11.3. The zero-order chi connectivity index (χ0) is 11.1. The Morgan fingerprint density at radius 3 is 2.80 bits per heavy atom. The molecule has 2 nitrogen and oxygen atoms in total. The van der Waals surface area contributed by atoms with Gasteiger partial charge in [0, 0.05) is 35.8 Å². The first-order valence-corrected chi connectivity index (χ1v) is 6.46. The highest BCUT2D eigenvalue weighted by Gasteiger charge is 2.04. The Balaban J connectivity index is 2.56. The van der Waals surface area contributed by atoms with Gasteiger partial charge in [0.1, 0.15) is 0 Å². The normalized spacial score (nSPS) is 10.9. The first-order valence-electron chi connectivity index (χ1n) is 5.14. The van der Waals surface area contributed by atoms with Crippen LogP contribution in [0.15, 0.2) is 22.9 Å². The molecule has 0 fully saturated rings. The van der Waals surface area contributed by atoms with Gasteiger partial charge in [0.15, 0.2) is 0 Å². The highest BCUT2D eigenvalue weighted by molar-refractivity contribution is 9.10. The highest BCUT2D eigenvalue weighted by atomic mass is 79.9. The van der Waals surface area contributed by atoms with Crippen LogP contribution in [0.2, 0.25) is 0 Å². The topological polar surface area (TPSA) is 16.1 Å². The molecule has 0 bridgehead atoms. The molecule has 1 aromatic rings. The van der Waals surface area contributed by atoms with E-state index in [0.29, 0.717) is 5.88 Å². The fraction of sp³-hybridized carbons (Fsp3) is 0.545. The van der Waals surface area contributed by atoms with Crippen LogP contribution in [0.4, 0.5) is 0 Å². The van der Waals surface area contributed by atoms with Crippen molar-refractivity contribution in [2.45, 2.75) is 19.9 Å². The monoisotopic (exact) mass is 290 g/mol. The van der Waals surface area contributed by atoms with Crippen LogP contribution >= 0.6 is 27.5 Å². The molecule has 0 atom stereocenters. The van der Waals surface area contributed by atoms with Crippen molar-refractivity contribution in [1.29, 1.82) is 0 Å². The second-order valence-corrected chi connectivity index (χ2v) is 4.77. The van der Waals surface area contributed by atoms with E-state index < -0.39 is 0 Å². The van der Waals surface area contributed by atoms with Crippen LogP contribution in [-0.4, -0.2) is 28.9 Å². The standard InChI is InChI=1S/C11H16BrClN2/c1-2-4-15(5-3-13)9-10-6-11(12)8-14-7-10/h6-8H,2-5,9H2,1H3. The van der Waals surface area contributed by atoms with Crippen LogP contribution in [0.5, 0.6) is 0 Å². The number of hydrogen-bond acceptors (Lipinski definition) is 2. The first-order chi connectivity index (χ1) is 7.26. The summed E-state index contributed by atoms with van der Waals surface area (Å²) >= 11 is 9.19. The number of rotatable bonds is 6. The van der Waals surface area contributed by atoms with Crippen molar-refractivity contribution in [3.63, 3.8) is 0 Å². The minimum absolute atomic E-state index is 0.682. The van der Waals surface area contributed by atoms with Crippen molar-refractivity contribution in [2.75, 3.05) is 19.0 Å². The van der Waals surface area contributed by atoms with Crippen LogP contribution in [-0.2, 0) is 6.54 Å². The average Bonchev–Trinajstić information content (AvgIpc) is 2.18. The van der Waals surface area contributed by atoms with Gasteiger partial charge in [-0.3, -0.25) is 9.88 Å². The van der Waals surface area contributed by atoms with Crippen molar-refractivity contribution in [3.8, 4) is 0 Å². The van der Waals surface area contributed by atoms with E-state index in [1.54, 1.807) is 6.20 Å². The molecule has 0 spiro atoms. The van der Waals surface area contributed by atoms with Crippen molar-refractivity contribution < 1.29 is 0 Å². The van der Waals surface area contributed by atoms with Crippen molar-refractivity contribution in [1.82, 2.24) is 9.88 Å². The molecule has 0 aromatic carbocycles. The van der Waals surface area contributed by atoms with Crippen molar-refractivity contribution >= 4 is 27.5 Å². The number of hydrogen-bond donors (Lipinski definition) is 0. The summed E-state index contributed by atoms with van der Waals surface area (Å²) in [4.78, 5) is 6.49. The molecule has 0 saturated carbocycles. The summed E-state index contributed by atoms with van der Waals surface area (Å²) in [6.07, 6.45) is 4.86. The molecule has 0 radical (unpaired) electrons. The lowest BCUT2D eigenvalue weighted by Gasteiger charge is -2.20. The molecule has 0 aliphatic carbocycles. The molecule has 0 saturated heterocycles. The first kappa shape index (κ1) is 12.9. The summed E-state index contributed by atoms with van der Waals surface area (Å²) in [6, 6.07) is 2.10. The van der Waals surface area contributed by atoms with E-state index in [0.717, 1.165) is 30.5 Å². The third-order valence-electron chi connectivity index (χ3n) is 2.11. The number of halogens is 2. The largest absolute Gasteiger partial charge is 0.298 e. The van der Waals surface area contributed by atoms with Gasteiger partial charge in [-0.25, -0.2) is 0 Å². The third kappa shape index (κ3) is 4.96. The van der Waals surface area contributed by atoms with Crippen molar-refractivity contribution in [2.24, 2.45) is 0 Å². The van der Waals surface area contributed by atoms with E-state index in [-0.39, 0.29) is 0 Å². The summed E-state index contributed by atoms with van der Waals surface area (Å²) in [5, 5.41) is 0. The third-order valence-corrected chi connectivity index (χ3v) is 2.71. The van der Waals surface area contributed by atoms with Crippen LogP contribution in [0, 0.1) is 0 Å². The minimum Gasteiger partial charge on any atom is -0.298 e. The maximum absolute atomic E-state index is 5.76. The van der Waals surface area contributed by atoms with E-state index in [9.17, 15) is 0 Å². The molecule has 0 N–H and O–H groups in total. The molecule has 1 aromatic heterocycles. The molecule has 4 heteroatoms. The Bertz CT molecular complexity index is 288. The van der Waals surface area contributed by atoms with Gasteiger partial charge in [0.05, 0.1) is 0 Å². The molecule has 0 aliphatic heterocycles. The van der Waals surface area contributed by atoms with E-state index in [4.69, 9.17) is 11.6 Å². The predicted molar refractivity (Wildman–Crippen MR) is 68.2 cm³/mol. The van der Waals surface area contributed by atoms with Crippen LogP contribution in [0.1, 0.15) is 18.9 Å². The second kappa shape index (κ2) is 7.20. The fourth-order valence-electron chi connectivity index (χ4n) is 1.51. The van der Waals surface area contributed by atoms with Crippen LogP contribution in [0.3, 0.4) is 0 Å². The smallest absolute Gasteiger partial charge is 0.0410 e.